The Balaban J connectivity index is 1.54. The van der Waals surface area contributed by atoms with Crippen molar-refractivity contribution in [3.63, 3.8) is 0 Å². The molecule has 1 aliphatic carbocycles. The number of hydrogen-bond donors (Lipinski definition) is 2. The normalized spacial score (nSPS) is 14.8. The van der Waals surface area contributed by atoms with E-state index in [0.29, 0.717) is 24.8 Å². The Labute approximate surface area is 169 Å². The van der Waals surface area contributed by atoms with Crippen molar-refractivity contribution in [3.05, 3.63) is 42.7 Å². The Morgan fingerprint density at radius 1 is 1.21 bits per heavy atom. The number of benzene rings is 1. The molecule has 2 aromatic heterocycles. The third kappa shape index (κ3) is 4.67. The summed E-state index contributed by atoms with van der Waals surface area (Å²) in [6, 6.07) is 10.1. The first kappa shape index (κ1) is 19.2. The molecule has 1 aliphatic rings. The Hall–Kier alpha value is -3.09. The van der Waals surface area contributed by atoms with Crippen LogP contribution in [0.3, 0.4) is 0 Å². The molecule has 4 rings (SSSR count). The number of hydrogen-bond acceptors (Lipinski definition) is 5. The fourth-order valence-electron chi connectivity index (χ4n) is 3.79. The van der Waals surface area contributed by atoms with Crippen molar-refractivity contribution < 1.29 is 14.6 Å². The van der Waals surface area contributed by atoms with Gasteiger partial charge in [0.05, 0.1) is 6.61 Å². The summed E-state index contributed by atoms with van der Waals surface area (Å²) >= 11 is 0. The van der Waals surface area contributed by atoms with Gasteiger partial charge in [-0.2, -0.15) is 0 Å². The highest BCUT2D eigenvalue weighted by molar-refractivity contribution is 5.76. The first-order valence-corrected chi connectivity index (χ1v) is 10.3. The van der Waals surface area contributed by atoms with E-state index in [2.05, 4.69) is 10.3 Å². The number of nitrogens with one attached hydrogen (secondary N) is 1. The summed E-state index contributed by atoms with van der Waals surface area (Å²) in [5, 5.41) is 12.4. The summed E-state index contributed by atoms with van der Waals surface area (Å²) in [5.74, 6) is 1.58. The van der Waals surface area contributed by atoms with Crippen LogP contribution in [0, 0.1) is 0 Å². The third-order valence-corrected chi connectivity index (χ3v) is 5.28. The van der Waals surface area contributed by atoms with Gasteiger partial charge in [-0.05, 0) is 49.6 Å². The predicted molar refractivity (Wildman–Crippen MR) is 111 cm³/mol. The Morgan fingerprint density at radius 3 is 2.76 bits per heavy atom. The molecule has 0 bridgehead atoms. The number of aromatic nitrogens is 3. The van der Waals surface area contributed by atoms with Gasteiger partial charge >= 0.3 is 5.97 Å². The monoisotopic (exact) mass is 394 g/mol. The fourth-order valence-corrected chi connectivity index (χ4v) is 3.79. The molecule has 0 aliphatic heterocycles. The number of rotatable bonds is 8. The first-order chi connectivity index (χ1) is 14.2. The zero-order valence-corrected chi connectivity index (χ0v) is 16.4. The summed E-state index contributed by atoms with van der Waals surface area (Å²) in [4.78, 5) is 19.7. The second-order valence-electron chi connectivity index (χ2n) is 7.45. The van der Waals surface area contributed by atoms with Crippen LogP contribution < -0.4 is 10.1 Å². The number of imidazole rings is 1. The quantitative estimate of drug-likeness (QED) is 0.551. The van der Waals surface area contributed by atoms with Crippen molar-refractivity contribution >= 4 is 17.6 Å². The van der Waals surface area contributed by atoms with Gasteiger partial charge in [0, 0.05) is 30.4 Å². The molecule has 7 heteroatoms. The lowest BCUT2D eigenvalue weighted by molar-refractivity contribution is -0.137. The summed E-state index contributed by atoms with van der Waals surface area (Å²) < 4.78 is 7.66. The average molecular weight is 394 g/mol. The summed E-state index contributed by atoms with van der Waals surface area (Å²) in [5.41, 5.74) is 1.87. The van der Waals surface area contributed by atoms with Crippen molar-refractivity contribution in [1.82, 2.24) is 14.4 Å². The molecule has 0 saturated heterocycles. The number of carboxylic acid groups (broad SMARTS) is 1. The van der Waals surface area contributed by atoms with Crippen LogP contribution in [0.25, 0.3) is 17.0 Å². The summed E-state index contributed by atoms with van der Waals surface area (Å²) in [6.45, 7) is 0.387. The van der Waals surface area contributed by atoms with Crippen LogP contribution in [-0.4, -0.2) is 38.1 Å². The largest absolute Gasteiger partial charge is 0.494 e. The minimum Gasteiger partial charge on any atom is -0.494 e. The number of aliphatic carboxylic acids is 1. The standard InChI is InChI=1S/C22H26N4O3/c27-19(28)8-4-15-29-18-11-9-16(10-12-18)20-21(24-17-6-2-1-3-7-17)26-14-5-13-23-22(26)25-20/h5,9-14,17,24H,1-4,6-8,15H2,(H,27,28). The van der Waals surface area contributed by atoms with Crippen molar-refractivity contribution in [2.45, 2.75) is 51.0 Å². The zero-order valence-electron chi connectivity index (χ0n) is 16.4. The maximum absolute atomic E-state index is 10.6. The topological polar surface area (TPSA) is 88.8 Å². The van der Waals surface area contributed by atoms with Gasteiger partial charge in [-0.15, -0.1) is 0 Å². The summed E-state index contributed by atoms with van der Waals surface area (Å²) in [6.07, 6.45) is 10.5. The van der Waals surface area contributed by atoms with Crippen molar-refractivity contribution in [2.24, 2.45) is 0 Å². The minimum absolute atomic E-state index is 0.114. The van der Waals surface area contributed by atoms with Gasteiger partial charge in [-0.1, -0.05) is 19.3 Å². The number of carboxylic acids is 1. The van der Waals surface area contributed by atoms with Crippen LogP contribution >= 0.6 is 0 Å². The molecule has 0 spiro atoms. The maximum Gasteiger partial charge on any atom is 0.303 e. The van der Waals surface area contributed by atoms with Crippen LogP contribution in [0.2, 0.25) is 0 Å². The van der Waals surface area contributed by atoms with E-state index in [4.69, 9.17) is 14.8 Å². The molecule has 1 fully saturated rings. The molecule has 0 atom stereocenters. The predicted octanol–water partition coefficient (Wildman–Crippen LogP) is 4.38. The van der Waals surface area contributed by atoms with Crippen LogP contribution in [0.1, 0.15) is 44.9 Å². The molecule has 1 saturated carbocycles. The molecule has 0 radical (unpaired) electrons. The van der Waals surface area contributed by atoms with Gasteiger partial charge in [0.25, 0.3) is 0 Å². The Morgan fingerprint density at radius 2 is 2.00 bits per heavy atom. The SMILES string of the molecule is O=C(O)CCCOc1ccc(-c2nc3ncccn3c2NC2CCCCC2)cc1. The molecule has 7 nitrogen and oxygen atoms in total. The van der Waals surface area contributed by atoms with Crippen LogP contribution in [0.15, 0.2) is 42.7 Å². The highest BCUT2D eigenvalue weighted by atomic mass is 16.5. The van der Waals surface area contributed by atoms with Gasteiger partial charge < -0.3 is 15.2 Å². The lowest BCUT2D eigenvalue weighted by Crippen LogP contribution is -2.23. The van der Waals surface area contributed by atoms with Crippen molar-refractivity contribution in [2.75, 3.05) is 11.9 Å². The van der Waals surface area contributed by atoms with E-state index < -0.39 is 5.97 Å². The number of carbonyl (C=O) groups is 1. The summed E-state index contributed by atoms with van der Waals surface area (Å²) in [7, 11) is 0. The van der Waals surface area contributed by atoms with E-state index in [9.17, 15) is 4.79 Å². The Bertz CT molecular complexity index is 962. The van der Waals surface area contributed by atoms with Gasteiger partial charge in [-0.3, -0.25) is 9.20 Å². The fraction of sp³-hybridized carbons (Fsp3) is 0.409. The first-order valence-electron chi connectivity index (χ1n) is 10.3. The number of nitrogens with zero attached hydrogens (tertiary/aromatic N) is 3. The van der Waals surface area contributed by atoms with Gasteiger partial charge in [0.2, 0.25) is 5.78 Å². The van der Waals surface area contributed by atoms with Crippen LogP contribution in [0.5, 0.6) is 5.75 Å². The highest BCUT2D eigenvalue weighted by Crippen LogP contribution is 2.32. The van der Waals surface area contributed by atoms with E-state index in [1.54, 1.807) is 6.20 Å². The van der Waals surface area contributed by atoms with Crippen LogP contribution in [0.4, 0.5) is 5.82 Å². The molecule has 2 heterocycles. The molecular formula is C22H26N4O3. The van der Waals surface area contributed by atoms with E-state index in [-0.39, 0.29) is 6.42 Å². The van der Waals surface area contributed by atoms with E-state index in [1.165, 1.54) is 32.1 Å². The van der Waals surface area contributed by atoms with E-state index in [1.807, 2.05) is 40.9 Å². The van der Waals surface area contributed by atoms with Gasteiger partial charge in [0.15, 0.2) is 0 Å². The highest BCUT2D eigenvalue weighted by Gasteiger charge is 2.20. The van der Waals surface area contributed by atoms with Gasteiger partial charge in [-0.25, -0.2) is 9.97 Å². The van der Waals surface area contributed by atoms with Crippen LogP contribution in [-0.2, 0) is 4.79 Å². The van der Waals surface area contributed by atoms with Crippen molar-refractivity contribution in [1.29, 1.82) is 0 Å². The zero-order chi connectivity index (χ0) is 20.1. The molecule has 152 valence electrons. The second-order valence-corrected chi connectivity index (χ2v) is 7.45. The molecule has 2 N–H and O–H groups in total. The second kappa shape index (κ2) is 8.94. The smallest absolute Gasteiger partial charge is 0.303 e. The van der Waals surface area contributed by atoms with E-state index in [0.717, 1.165) is 22.8 Å². The maximum atomic E-state index is 10.6. The lowest BCUT2D eigenvalue weighted by atomic mass is 9.95. The minimum atomic E-state index is -0.803. The molecular weight excluding hydrogens is 368 g/mol. The molecule has 1 aromatic carbocycles. The molecule has 3 aromatic rings. The average Bonchev–Trinajstić information content (AvgIpc) is 3.11. The van der Waals surface area contributed by atoms with E-state index >= 15 is 0 Å². The molecule has 0 amide bonds. The molecule has 0 unspecified atom stereocenters. The van der Waals surface area contributed by atoms with Crippen molar-refractivity contribution in [3.8, 4) is 17.0 Å². The number of ether oxygens (including phenoxy) is 1. The number of anilines is 1. The molecule has 29 heavy (non-hydrogen) atoms. The Kier molecular flexibility index (Phi) is 5.93. The third-order valence-electron chi connectivity index (χ3n) is 5.28. The van der Waals surface area contributed by atoms with Gasteiger partial charge in [0.1, 0.15) is 17.3 Å². The lowest BCUT2D eigenvalue weighted by Gasteiger charge is -2.24. The number of fused-ring (bicyclic) bond motifs is 1.